The third kappa shape index (κ3) is 3.54. The lowest BCUT2D eigenvalue weighted by Crippen LogP contribution is -2.42. The Kier molecular flexibility index (Phi) is 4.83. The van der Waals surface area contributed by atoms with E-state index in [2.05, 4.69) is 0 Å². The molecule has 0 radical (unpaired) electrons. The molecule has 0 spiro atoms. The van der Waals surface area contributed by atoms with Crippen LogP contribution in [0, 0.1) is 11.8 Å². The summed E-state index contributed by atoms with van der Waals surface area (Å²) in [6.07, 6.45) is 6.49. The Morgan fingerprint density at radius 3 is 1.93 bits per heavy atom. The summed E-state index contributed by atoms with van der Waals surface area (Å²) >= 11 is 0. The first-order chi connectivity index (χ1) is 13.1. The number of likely N-dealkylation sites (tertiary alicyclic amines) is 1. The molecular weight excluding hydrogens is 348 g/mol. The highest BCUT2D eigenvalue weighted by Crippen LogP contribution is 2.37. The van der Waals surface area contributed by atoms with E-state index < -0.39 is 0 Å². The van der Waals surface area contributed by atoms with Gasteiger partial charge in [0.1, 0.15) is 18.1 Å². The summed E-state index contributed by atoms with van der Waals surface area (Å²) in [6, 6.07) is 7.07. The van der Waals surface area contributed by atoms with Crippen molar-refractivity contribution in [1.82, 2.24) is 9.80 Å². The van der Waals surface area contributed by atoms with Gasteiger partial charge in [0, 0.05) is 0 Å². The van der Waals surface area contributed by atoms with Gasteiger partial charge in [-0.3, -0.25) is 19.3 Å². The number of imide groups is 1. The number of carbonyl (C=O) groups is 3. The van der Waals surface area contributed by atoms with E-state index in [1.54, 1.807) is 41.7 Å². The molecule has 0 N–H and O–H groups in total. The summed E-state index contributed by atoms with van der Waals surface area (Å²) < 4.78 is 10.7. The van der Waals surface area contributed by atoms with Crippen LogP contribution in [0.25, 0.3) is 0 Å². The van der Waals surface area contributed by atoms with Gasteiger partial charge in [-0.2, -0.15) is 0 Å². The van der Waals surface area contributed by atoms with Crippen molar-refractivity contribution in [3.05, 3.63) is 48.3 Å². The summed E-state index contributed by atoms with van der Waals surface area (Å²) in [6.45, 7) is 0.261. The van der Waals surface area contributed by atoms with Crippen molar-refractivity contribution in [1.29, 1.82) is 0 Å². The Labute approximate surface area is 156 Å². The molecule has 3 heterocycles. The van der Waals surface area contributed by atoms with Crippen LogP contribution in [0.15, 0.2) is 45.6 Å². The van der Waals surface area contributed by atoms with Gasteiger partial charge in [-0.15, -0.1) is 0 Å². The van der Waals surface area contributed by atoms with Crippen LogP contribution in [-0.4, -0.2) is 34.1 Å². The number of fused-ring (bicyclic) bond motifs is 1. The van der Waals surface area contributed by atoms with Gasteiger partial charge in [-0.05, 0) is 37.1 Å². The molecule has 7 nitrogen and oxygen atoms in total. The first-order valence-corrected chi connectivity index (χ1v) is 9.31. The molecule has 2 fully saturated rings. The molecule has 0 bridgehead atoms. The van der Waals surface area contributed by atoms with E-state index in [1.807, 2.05) is 0 Å². The Morgan fingerprint density at radius 1 is 0.963 bits per heavy atom. The van der Waals surface area contributed by atoms with Crippen LogP contribution < -0.4 is 0 Å². The van der Waals surface area contributed by atoms with Gasteiger partial charge in [-0.1, -0.05) is 12.8 Å². The topological polar surface area (TPSA) is 84.0 Å². The fourth-order valence-corrected chi connectivity index (χ4v) is 4.04. The maximum atomic E-state index is 12.9. The second-order valence-corrected chi connectivity index (χ2v) is 7.17. The van der Waals surface area contributed by atoms with Crippen LogP contribution in [0.2, 0.25) is 0 Å². The van der Waals surface area contributed by atoms with Crippen LogP contribution >= 0.6 is 0 Å². The van der Waals surface area contributed by atoms with Crippen LogP contribution in [-0.2, 0) is 27.5 Å². The van der Waals surface area contributed by atoms with E-state index in [-0.39, 0.29) is 49.2 Å². The predicted molar refractivity (Wildman–Crippen MR) is 93.8 cm³/mol. The average Bonchev–Trinajstić information content (AvgIpc) is 3.41. The number of furan rings is 2. The van der Waals surface area contributed by atoms with E-state index in [0.29, 0.717) is 11.5 Å². The fraction of sp³-hybridized carbons (Fsp3) is 0.450. The lowest BCUT2D eigenvalue weighted by Gasteiger charge is -2.23. The molecule has 2 atom stereocenters. The number of hydrogen-bond donors (Lipinski definition) is 0. The first-order valence-electron chi connectivity index (χ1n) is 9.31. The molecule has 7 heteroatoms. The zero-order valence-corrected chi connectivity index (χ0v) is 15.0. The maximum Gasteiger partial charge on any atom is 0.243 e. The molecule has 1 saturated carbocycles. The highest BCUT2D eigenvalue weighted by Gasteiger charge is 2.48. The molecule has 0 aromatic carbocycles. The van der Waals surface area contributed by atoms with Crippen molar-refractivity contribution in [2.75, 3.05) is 6.54 Å². The smallest absolute Gasteiger partial charge is 0.243 e. The molecule has 27 heavy (non-hydrogen) atoms. The Bertz CT molecular complexity index is 751. The summed E-state index contributed by atoms with van der Waals surface area (Å²) in [7, 11) is 0. The van der Waals surface area contributed by atoms with E-state index in [0.717, 1.165) is 30.6 Å². The minimum Gasteiger partial charge on any atom is -0.467 e. The second kappa shape index (κ2) is 7.42. The number of rotatable bonds is 6. The molecule has 2 aliphatic rings. The van der Waals surface area contributed by atoms with E-state index in [4.69, 9.17) is 8.83 Å². The normalized spacial score (nSPS) is 22.1. The summed E-state index contributed by atoms with van der Waals surface area (Å²) in [5.41, 5.74) is 0. The van der Waals surface area contributed by atoms with Crippen molar-refractivity contribution >= 4 is 17.7 Å². The van der Waals surface area contributed by atoms with Crippen molar-refractivity contribution in [2.45, 2.75) is 38.8 Å². The zero-order valence-electron chi connectivity index (χ0n) is 15.0. The monoisotopic (exact) mass is 370 g/mol. The largest absolute Gasteiger partial charge is 0.467 e. The lowest BCUT2D eigenvalue weighted by molar-refractivity contribution is -0.147. The van der Waals surface area contributed by atoms with Crippen LogP contribution in [0.4, 0.5) is 0 Å². The molecule has 1 aliphatic carbocycles. The lowest BCUT2D eigenvalue weighted by atomic mass is 9.81. The van der Waals surface area contributed by atoms with Gasteiger partial charge in [-0.25, -0.2) is 0 Å². The molecule has 1 aliphatic heterocycles. The van der Waals surface area contributed by atoms with Crippen molar-refractivity contribution in [3.8, 4) is 0 Å². The van der Waals surface area contributed by atoms with Gasteiger partial charge in [0.05, 0.1) is 37.5 Å². The minimum atomic E-state index is -0.303. The second-order valence-electron chi connectivity index (χ2n) is 7.17. The molecule has 4 rings (SSSR count). The van der Waals surface area contributed by atoms with Gasteiger partial charge in [0.25, 0.3) is 0 Å². The fourth-order valence-electron chi connectivity index (χ4n) is 4.04. The van der Waals surface area contributed by atoms with Crippen molar-refractivity contribution < 1.29 is 23.2 Å². The predicted octanol–water partition coefficient (Wildman–Crippen LogP) is 2.58. The van der Waals surface area contributed by atoms with Crippen LogP contribution in [0.5, 0.6) is 0 Å². The van der Waals surface area contributed by atoms with Gasteiger partial charge in [0.15, 0.2) is 0 Å². The van der Waals surface area contributed by atoms with E-state index >= 15 is 0 Å². The quantitative estimate of drug-likeness (QED) is 0.730. The van der Waals surface area contributed by atoms with Crippen LogP contribution in [0.3, 0.4) is 0 Å². The molecule has 1 saturated heterocycles. The van der Waals surface area contributed by atoms with E-state index in [1.165, 1.54) is 0 Å². The summed E-state index contributed by atoms with van der Waals surface area (Å²) in [4.78, 5) is 40.9. The number of carbonyl (C=O) groups excluding carboxylic acids is 3. The molecule has 2 aromatic rings. The minimum absolute atomic E-state index is 0.200. The average molecular weight is 370 g/mol. The zero-order chi connectivity index (χ0) is 18.8. The summed E-state index contributed by atoms with van der Waals surface area (Å²) in [5, 5.41) is 0. The van der Waals surface area contributed by atoms with E-state index in [9.17, 15) is 14.4 Å². The molecule has 2 aromatic heterocycles. The number of hydrogen-bond acceptors (Lipinski definition) is 5. The summed E-state index contributed by atoms with van der Waals surface area (Å²) in [5.74, 6) is 0.0572. The SMILES string of the molecule is O=C(CN1C(=O)C2CCCCC2C1=O)N(Cc1ccco1)Cc1ccco1. The van der Waals surface area contributed by atoms with Gasteiger partial charge in [0.2, 0.25) is 17.7 Å². The first kappa shape index (κ1) is 17.6. The molecule has 3 amide bonds. The Balaban J connectivity index is 1.49. The standard InChI is InChI=1S/C20H22N2O5/c23-18(13-22-19(24)16-7-1-2-8-17(16)20(22)25)21(11-14-5-3-9-26-14)12-15-6-4-10-27-15/h3-6,9-10,16-17H,1-2,7-8,11-13H2. The number of amides is 3. The highest BCUT2D eigenvalue weighted by atomic mass is 16.3. The highest BCUT2D eigenvalue weighted by molar-refractivity contribution is 6.07. The van der Waals surface area contributed by atoms with Gasteiger partial charge < -0.3 is 13.7 Å². The van der Waals surface area contributed by atoms with Crippen LogP contribution in [0.1, 0.15) is 37.2 Å². The van der Waals surface area contributed by atoms with Crippen molar-refractivity contribution in [2.24, 2.45) is 11.8 Å². The molecule has 2 unspecified atom stereocenters. The molecule has 142 valence electrons. The third-order valence-electron chi connectivity index (χ3n) is 5.43. The third-order valence-corrected chi connectivity index (χ3v) is 5.43. The Hall–Kier alpha value is -2.83. The van der Waals surface area contributed by atoms with Crippen molar-refractivity contribution in [3.63, 3.8) is 0 Å². The van der Waals surface area contributed by atoms with Gasteiger partial charge >= 0.3 is 0 Å². The molecular formula is C20H22N2O5. The number of nitrogens with zero attached hydrogens (tertiary/aromatic N) is 2. The Morgan fingerprint density at radius 2 is 1.48 bits per heavy atom. The maximum absolute atomic E-state index is 12.9.